The zero-order valence-corrected chi connectivity index (χ0v) is 16.8. The maximum atomic E-state index is 11.3. The summed E-state index contributed by atoms with van der Waals surface area (Å²) >= 11 is 0. The molecule has 0 amide bonds. The Balaban J connectivity index is 0. The van der Waals surface area contributed by atoms with Gasteiger partial charge in [0.15, 0.2) is 12.4 Å². The number of hydrogen-bond acceptors (Lipinski definition) is 10. The first kappa shape index (κ1) is 24.9. The molecule has 0 bridgehead atoms. The van der Waals surface area contributed by atoms with E-state index in [0.717, 1.165) is 9.46 Å². The van der Waals surface area contributed by atoms with Crippen molar-refractivity contribution < 1.29 is 39.1 Å². The predicted molar refractivity (Wildman–Crippen MR) is 83.2 cm³/mol. The fourth-order valence-corrected chi connectivity index (χ4v) is 3.03. The first-order valence-electron chi connectivity index (χ1n) is 5.58. The maximum Gasteiger partial charge on any atom is 2.00 e. The van der Waals surface area contributed by atoms with Crippen LogP contribution >= 0.6 is 21.6 Å². The molecule has 0 fully saturated rings. The second-order valence-corrected chi connectivity index (χ2v) is 5.51. The molecule has 0 spiro atoms. The van der Waals surface area contributed by atoms with E-state index in [1.54, 1.807) is 36.4 Å². The molecule has 2 heterocycles. The van der Waals surface area contributed by atoms with Crippen LogP contribution in [-0.4, -0.2) is 10.2 Å². The Labute approximate surface area is 160 Å². The summed E-state index contributed by atoms with van der Waals surface area (Å²) in [6.07, 6.45) is 2.86. The number of aromatic nitrogens is 2. The largest absolute Gasteiger partial charge is 2.00 e. The Kier molecular flexibility index (Phi) is 13.9. The van der Waals surface area contributed by atoms with Gasteiger partial charge in [0.25, 0.3) is 10.1 Å². The minimum Gasteiger partial charge on any atom is -0.618 e. The van der Waals surface area contributed by atoms with Crippen LogP contribution in [0.25, 0.3) is 0 Å². The fraction of sp³-hybridized carbons (Fsp3) is 0. The zero-order valence-electron chi connectivity index (χ0n) is 12.2. The van der Waals surface area contributed by atoms with Gasteiger partial charge in [-0.3, -0.25) is 0 Å². The summed E-state index contributed by atoms with van der Waals surface area (Å²) in [5.74, 6) is 0. The number of rotatable bonds is 3. The molecule has 0 radical (unpaired) electrons. The van der Waals surface area contributed by atoms with Crippen LogP contribution < -0.4 is 9.46 Å². The predicted octanol–water partition coefficient (Wildman–Crippen LogP) is 1.27. The first-order valence-corrected chi connectivity index (χ1v) is 7.73. The maximum absolute atomic E-state index is 11.3. The minimum atomic E-state index is -1.75. The molecule has 15 heteroatoms. The fourth-order valence-electron chi connectivity index (χ4n) is 1.04. The van der Waals surface area contributed by atoms with Crippen molar-refractivity contribution in [3.63, 3.8) is 0 Å². The zero-order chi connectivity index (χ0) is 18.5. The summed E-state index contributed by atoms with van der Waals surface area (Å²) in [6.45, 7) is 0. The van der Waals surface area contributed by atoms with Crippen molar-refractivity contribution >= 4 is 21.6 Å². The Hall–Kier alpha value is -2.38. The molecule has 0 N–H and O–H groups in total. The average Bonchev–Trinajstić information content (AvgIpc) is 2.47. The van der Waals surface area contributed by atoms with Crippen molar-refractivity contribution in [3.05, 3.63) is 89.8 Å². The Morgan fingerprint density at radius 3 is 1.24 bits per heavy atom. The van der Waals surface area contributed by atoms with Gasteiger partial charge in [-0.25, -0.2) is 0 Å². The smallest absolute Gasteiger partial charge is 0.618 e. The molecule has 0 saturated heterocycles. The van der Waals surface area contributed by atoms with E-state index in [1.165, 1.54) is 34.0 Å². The summed E-state index contributed by atoms with van der Waals surface area (Å²) < 4.78 is 1.55. The van der Waals surface area contributed by atoms with E-state index in [2.05, 4.69) is 0 Å². The Morgan fingerprint density at radius 1 is 0.720 bits per heavy atom. The van der Waals surface area contributed by atoms with Gasteiger partial charge < -0.3 is 41.1 Å². The second kappa shape index (κ2) is 14.0. The molecule has 0 aliphatic heterocycles. The molecular weight excluding hydrogens is 434 g/mol. The van der Waals surface area contributed by atoms with Crippen LogP contribution in [0.15, 0.2) is 58.8 Å². The molecule has 2 aromatic rings. The Bertz CT molecular complexity index is 615. The van der Waals surface area contributed by atoms with Gasteiger partial charge in [-0.15, -0.1) is 0 Å². The number of hydrogen-bond donors (Lipinski definition) is 0. The Morgan fingerprint density at radius 2 is 1.00 bits per heavy atom. The summed E-state index contributed by atoms with van der Waals surface area (Å²) in [6, 6.07) is 10.3. The molecule has 12 nitrogen and oxygen atoms in total. The molecule has 0 aliphatic rings. The van der Waals surface area contributed by atoms with Crippen LogP contribution in [0.3, 0.4) is 0 Å². The molecule has 2 aromatic heterocycles. The van der Waals surface area contributed by atoms with Gasteiger partial charge >= 0.3 is 19.5 Å². The SMILES string of the molecule is O=[N+]([O-])[O-].O=[N+]([O-])[O-].[O-][n+]1ccccc1SSc1cccc[n+]1[O-].[Zn+2]. The van der Waals surface area contributed by atoms with Crippen LogP contribution in [0, 0.1) is 41.1 Å². The van der Waals surface area contributed by atoms with E-state index in [-0.39, 0.29) is 19.5 Å². The van der Waals surface area contributed by atoms with E-state index >= 15 is 0 Å². The van der Waals surface area contributed by atoms with Gasteiger partial charge in [0.05, 0.1) is 10.2 Å². The molecule has 0 saturated carbocycles. The van der Waals surface area contributed by atoms with Crippen LogP contribution in [0.5, 0.6) is 0 Å². The monoisotopic (exact) mass is 440 g/mol. The standard InChI is InChI=1S/C10H8N2O2S2.2NO3.Zn/c13-11-7-3-1-5-9(11)15-16-10-6-2-4-8-12(10)14;2*2-1(3)4;/h1-8H;;;/q;2*-1;+2. The normalized spacial score (nSPS) is 8.48. The molecule has 130 valence electrons. The van der Waals surface area contributed by atoms with E-state index in [1.807, 2.05) is 0 Å². The second-order valence-electron chi connectivity index (χ2n) is 3.34. The van der Waals surface area contributed by atoms with Crippen molar-refractivity contribution in [2.24, 2.45) is 0 Å². The van der Waals surface area contributed by atoms with Gasteiger partial charge in [0.2, 0.25) is 0 Å². The molecule has 0 atom stereocenters. The van der Waals surface area contributed by atoms with Gasteiger partial charge in [-0.05, 0) is 12.1 Å². The van der Waals surface area contributed by atoms with Crippen LogP contribution in [-0.2, 0) is 19.5 Å². The van der Waals surface area contributed by atoms with Crippen LogP contribution in [0.4, 0.5) is 0 Å². The average molecular weight is 442 g/mol. The topological polar surface area (TPSA) is 186 Å². The van der Waals surface area contributed by atoms with E-state index in [4.69, 9.17) is 30.6 Å². The summed E-state index contributed by atoms with van der Waals surface area (Å²) in [4.78, 5) is 16.5. The molecule has 2 rings (SSSR count). The number of nitrogens with zero attached hydrogens (tertiary/aromatic N) is 4. The molecular formula is C10H8N4O8S2Zn. The molecule has 0 aliphatic carbocycles. The summed E-state index contributed by atoms with van der Waals surface area (Å²) in [7, 11) is 2.52. The molecule has 0 aromatic carbocycles. The van der Waals surface area contributed by atoms with Crippen molar-refractivity contribution in [2.45, 2.75) is 10.1 Å². The first-order chi connectivity index (χ1) is 11.2. The van der Waals surface area contributed by atoms with Gasteiger partial charge in [-0.1, -0.05) is 0 Å². The van der Waals surface area contributed by atoms with Gasteiger partial charge in [0.1, 0.15) is 0 Å². The van der Waals surface area contributed by atoms with Crippen LogP contribution in [0.2, 0.25) is 0 Å². The molecule has 0 unspecified atom stereocenters. The third kappa shape index (κ3) is 13.7. The van der Waals surface area contributed by atoms with Crippen molar-refractivity contribution in [1.82, 2.24) is 0 Å². The van der Waals surface area contributed by atoms with E-state index in [9.17, 15) is 10.4 Å². The van der Waals surface area contributed by atoms with Gasteiger partial charge in [0, 0.05) is 45.9 Å². The van der Waals surface area contributed by atoms with Crippen molar-refractivity contribution in [3.8, 4) is 0 Å². The van der Waals surface area contributed by atoms with Gasteiger partial charge in [-0.2, -0.15) is 9.46 Å². The van der Waals surface area contributed by atoms with Crippen molar-refractivity contribution in [2.75, 3.05) is 0 Å². The number of pyridine rings is 2. The summed E-state index contributed by atoms with van der Waals surface area (Å²) in [5, 5.41) is 53.3. The van der Waals surface area contributed by atoms with E-state index < -0.39 is 10.2 Å². The van der Waals surface area contributed by atoms with Crippen molar-refractivity contribution in [1.29, 1.82) is 0 Å². The minimum absolute atomic E-state index is 0. The quantitative estimate of drug-likeness (QED) is 0.167. The van der Waals surface area contributed by atoms with Crippen LogP contribution in [0.1, 0.15) is 0 Å². The summed E-state index contributed by atoms with van der Waals surface area (Å²) in [5.41, 5.74) is 0. The molecule has 25 heavy (non-hydrogen) atoms. The third-order valence-corrected chi connectivity index (χ3v) is 4.12. The third-order valence-electron chi connectivity index (χ3n) is 1.79. The van der Waals surface area contributed by atoms with E-state index in [0.29, 0.717) is 10.1 Å².